The lowest BCUT2D eigenvalue weighted by Gasteiger charge is -2.28. The first-order valence-electron chi connectivity index (χ1n) is 7.36. The summed E-state index contributed by atoms with van der Waals surface area (Å²) in [5.74, 6) is -0.936. The molecule has 0 unspecified atom stereocenters. The van der Waals surface area contributed by atoms with Gasteiger partial charge >= 0.3 is 5.97 Å². The van der Waals surface area contributed by atoms with Gasteiger partial charge in [-0.05, 0) is 37.0 Å². The van der Waals surface area contributed by atoms with Crippen LogP contribution in [-0.4, -0.2) is 22.5 Å². The van der Waals surface area contributed by atoms with Crippen molar-refractivity contribution in [3.63, 3.8) is 0 Å². The predicted molar refractivity (Wildman–Crippen MR) is 80.8 cm³/mol. The molecule has 1 aromatic rings. The normalized spacial score (nSPS) is 16.6. The summed E-state index contributed by atoms with van der Waals surface area (Å²) in [7, 11) is 0. The summed E-state index contributed by atoms with van der Waals surface area (Å²) in [6, 6.07) is 7.47. The first kappa shape index (κ1) is 15.4. The smallest absolute Gasteiger partial charge is 0.305 e. The monoisotopic (exact) mass is 290 g/mol. The quantitative estimate of drug-likeness (QED) is 0.700. The molecule has 0 atom stereocenters. The number of rotatable bonds is 6. The van der Waals surface area contributed by atoms with E-state index in [1.165, 1.54) is 0 Å². The summed E-state index contributed by atoms with van der Waals surface area (Å²) in [5, 5.41) is 12.0. The van der Waals surface area contributed by atoms with E-state index in [1.807, 2.05) is 24.3 Å². The zero-order valence-corrected chi connectivity index (χ0v) is 12.1. The maximum atomic E-state index is 12.1. The molecule has 1 fully saturated rings. The van der Waals surface area contributed by atoms with E-state index in [4.69, 9.17) is 10.8 Å². The Morgan fingerprint density at radius 1 is 1.29 bits per heavy atom. The molecule has 0 bridgehead atoms. The second-order valence-electron chi connectivity index (χ2n) is 5.85. The Kier molecular flexibility index (Phi) is 4.83. The number of nitrogen functional groups attached to an aromatic ring is 1. The van der Waals surface area contributed by atoms with E-state index in [-0.39, 0.29) is 12.3 Å². The molecule has 1 aliphatic carbocycles. The summed E-state index contributed by atoms with van der Waals surface area (Å²) in [6.45, 7) is 0. The molecule has 1 aromatic carbocycles. The number of hydrogen-bond acceptors (Lipinski definition) is 3. The van der Waals surface area contributed by atoms with Crippen LogP contribution in [0.3, 0.4) is 0 Å². The molecule has 0 aliphatic heterocycles. The molecule has 5 heteroatoms. The maximum Gasteiger partial charge on any atom is 0.305 e. The minimum Gasteiger partial charge on any atom is -0.481 e. The van der Waals surface area contributed by atoms with Gasteiger partial charge in [0.25, 0.3) is 0 Å². The van der Waals surface area contributed by atoms with Crippen LogP contribution in [-0.2, 0) is 16.0 Å². The Morgan fingerprint density at radius 3 is 2.62 bits per heavy atom. The van der Waals surface area contributed by atoms with Crippen molar-refractivity contribution in [2.45, 2.75) is 50.5 Å². The summed E-state index contributed by atoms with van der Waals surface area (Å²) in [5.41, 5.74) is 6.87. The van der Waals surface area contributed by atoms with Gasteiger partial charge in [0.05, 0.1) is 12.0 Å². The number of benzene rings is 1. The highest BCUT2D eigenvalue weighted by atomic mass is 16.4. The largest absolute Gasteiger partial charge is 0.481 e. The molecule has 4 N–H and O–H groups in total. The van der Waals surface area contributed by atoms with Gasteiger partial charge in [-0.15, -0.1) is 0 Å². The third kappa shape index (κ3) is 4.48. The third-order valence-corrected chi connectivity index (χ3v) is 4.05. The number of carbonyl (C=O) groups excluding carboxylic acids is 1. The van der Waals surface area contributed by atoms with E-state index in [1.54, 1.807) is 0 Å². The SMILES string of the molecule is Nc1cccc(CCC(=O)NC2(CC(=O)O)CCCC2)c1. The van der Waals surface area contributed by atoms with Crippen LogP contribution in [0.4, 0.5) is 5.69 Å². The number of amides is 1. The van der Waals surface area contributed by atoms with Gasteiger partial charge in [0.1, 0.15) is 0 Å². The van der Waals surface area contributed by atoms with Gasteiger partial charge < -0.3 is 16.2 Å². The van der Waals surface area contributed by atoms with Gasteiger partial charge in [0, 0.05) is 12.1 Å². The number of carboxylic acid groups (broad SMARTS) is 1. The van der Waals surface area contributed by atoms with Crippen LogP contribution >= 0.6 is 0 Å². The first-order chi connectivity index (χ1) is 9.99. The molecule has 5 nitrogen and oxygen atoms in total. The average Bonchev–Trinajstić information content (AvgIpc) is 2.83. The number of nitrogens with two attached hydrogens (primary N) is 1. The summed E-state index contributed by atoms with van der Waals surface area (Å²) in [4.78, 5) is 23.1. The number of carbonyl (C=O) groups is 2. The van der Waals surface area contributed by atoms with E-state index in [0.29, 0.717) is 18.5 Å². The second-order valence-corrected chi connectivity index (χ2v) is 5.85. The van der Waals surface area contributed by atoms with Crippen LogP contribution < -0.4 is 11.1 Å². The molecular formula is C16H22N2O3. The van der Waals surface area contributed by atoms with E-state index < -0.39 is 11.5 Å². The molecule has 0 radical (unpaired) electrons. The van der Waals surface area contributed by atoms with Gasteiger partial charge in [-0.3, -0.25) is 9.59 Å². The topological polar surface area (TPSA) is 92.4 Å². The van der Waals surface area contributed by atoms with Crippen LogP contribution in [0, 0.1) is 0 Å². The van der Waals surface area contributed by atoms with Gasteiger partial charge in [-0.1, -0.05) is 25.0 Å². The molecular weight excluding hydrogens is 268 g/mol. The standard InChI is InChI=1S/C16H22N2O3/c17-13-5-3-4-12(10-13)6-7-14(19)18-16(11-15(20)21)8-1-2-9-16/h3-5,10H,1-2,6-9,11,17H2,(H,18,19)(H,20,21). The van der Waals surface area contributed by atoms with Gasteiger partial charge in [-0.25, -0.2) is 0 Å². The number of hydrogen-bond donors (Lipinski definition) is 3. The summed E-state index contributed by atoms with van der Waals surface area (Å²) < 4.78 is 0. The van der Waals surface area contributed by atoms with E-state index >= 15 is 0 Å². The Hall–Kier alpha value is -2.04. The number of nitrogens with one attached hydrogen (secondary N) is 1. The number of carboxylic acids is 1. The van der Waals surface area contributed by atoms with Crippen LogP contribution in [0.15, 0.2) is 24.3 Å². The van der Waals surface area contributed by atoms with E-state index in [9.17, 15) is 9.59 Å². The van der Waals surface area contributed by atoms with Crippen molar-refractivity contribution in [1.29, 1.82) is 0 Å². The lowest BCUT2D eigenvalue weighted by atomic mass is 9.93. The molecule has 1 aliphatic rings. The number of anilines is 1. The Balaban J connectivity index is 1.89. The molecule has 114 valence electrons. The fourth-order valence-corrected chi connectivity index (χ4v) is 3.05. The minimum absolute atomic E-state index is 0.0109. The second kappa shape index (κ2) is 6.61. The van der Waals surface area contributed by atoms with Crippen molar-refractivity contribution in [2.75, 3.05) is 5.73 Å². The zero-order chi connectivity index (χ0) is 15.3. The fourth-order valence-electron chi connectivity index (χ4n) is 3.05. The van der Waals surface area contributed by atoms with Gasteiger partial charge in [-0.2, -0.15) is 0 Å². The highest BCUT2D eigenvalue weighted by molar-refractivity contribution is 5.78. The summed E-state index contributed by atoms with van der Waals surface area (Å²) in [6.07, 6.45) is 4.43. The molecule has 1 saturated carbocycles. The Labute approximate surface area is 124 Å². The first-order valence-corrected chi connectivity index (χ1v) is 7.36. The lowest BCUT2D eigenvalue weighted by Crippen LogP contribution is -2.47. The number of aryl methyl sites for hydroxylation is 1. The molecule has 2 rings (SSSR count). The van der Waals surface area contributed by atoms with Crippen LogP contribution in [0.1, 0.15) is 44.1 Å². The number of aliphatic carboxylic acids is 1. The molecule has 0 saturated heterocycles. The van der Waals surface area contributed by atoms with Crippen molar-refractivity contribution >= 4 is 17.6 Å². The fraction of sp³-hybridized carbons (Fsp3) is 0.500. The highest BCUT2D eigenvalue weighted by Gasteiger charge is 2.37. The highest BCUT2D eigenvalue weighted by Crippen LogP contribution is 2.32. The van der Waals surface area contributed by atoms with Gasteiger partial charge in [0.2, 0.25) is 5.91 Å². The van der Waals surface area contributed by atoms with E-state index in [2.05, 4.69) is 5.32 Å². The molecule has 21 heavy (non-hydrogen) atoms. The van der Waals surface area contributed by atoms with Crippen molar-refractivity contribution in [2.24, 2.45) is 0 Å². The average molecular weight is 290 g/mol. The van der Waals surface area contributed by atoms with Gasteiger partial charge in [0.15, 0.2) is 0 Å². The van der Waals surface area contributed by atoms with Crippen LogP contribution in [0.25, 0.3) is 0 Å². The maximum absolute atomic E-state index is 12.1. The molecule has 0 heterocycles. The molecule has 1 amide bonds. The van der Waals surface area contributed by atoms with Crippen LogP contribution in [0.2, 0.25) is 0 Å². The van der Waals surface area contributed by atoms with Crippen molar-refractivity contribution in [3.8, 4) is 0 Å². The van der Waals surface area contributed by atoms with Crippen LogP contribution in [0.5, 0.6) is 0 Å². The third-order valence-electron chi connectivity index (χ3n) is 4.05. The minimum atomic E-state index is -0.854. The summed E-state index contributed by atoms with van der Waals surface area (Å²) >= 11 is 0. The predicted octanol–water partition coefficient (Wildman–Crippen LogP) is 2.11. The van der Waals surface area contributed by atoms with Crippen molar-refractivity contribution in [3.05, 3.63) is 29.8 Å². The molecule has 0 aromatic heterocycles. The lowest BCUT2D eigenvalue weighted by molar-refractivity contribution is -0.139. The Bertz CT molecular complexity index is 522. The van der Waals surface area contributed by atoms with Crippen molar-refractivity contribution in [1.82, 2.24) is 5.32 Å². The molecule has 0 spiro atoms. The van der Waals surface area contributed by atoms with E-state index in [0.717, 1.165) is 31.2 Å². The zero-order valence-electron chi connectivity index (χ0n) is 12.1. The Morgan fingerprint density at radius 2 is 2.00 bits per heavy atom. The van der Waals surface area contributed by atoms with Crippen molar-refractivity contribution < 1.29 is 14.7 Å².